The molecule has 0 saturated heterocycles. The first-order valence-corrected chi connectivity index (χ1v) is 6.32. The van der Waals surface area contributed by atoms with Crippen LogP contribution in [0.1, 0.15) is 13.3 Å². The Hall–Kier alpha value is -1.86. The van der Waals surface area contributed by atoms with Gasteiger partial charge in [-0.05, 0) is 19.4 Å². The van der Waals surface area contributed by atoms with Gasteiger partial charge in [-0.15, -0.1) is 0 Å². The van der Waals surface area contributed by atoms with Crippen molar-refractivity contribution in [2.24, 2.45) is 0 Å². The number of methoxy groups -OCH3 is 1. The van der Waals surface area contributed by atoms with Gasteiger partial charge in [0.1, 0.15) is 0 Å². The van der Waals surface area contributed by atoms with Gasteiger partial charge in [-0.1, -0.05) is 11.6 Å². The number of carbonyl (C=O) groups excluding carboxylic acids is 1. The molecule has 1 unspecified atom stereocenters. The number of hydrogen-bond donors (Lipinski definition) is 2. The van der Waals surface area contributed by atoms with Crippen LogP contribution in [0, 0.1) is 10.1 Å². The van der Waals surface area contributed by atoms with Gasteiger partial charge in [0.2, 0.25) is 0 Å². The molecular formula is C12H16ClN3O4. The second kappa shape index (κ2) is 7.66. The summed E-state index contributed by atoms with van der Waals surface area (Å²) >= 11 is 5.87. The van der Waals surface area contributed by atoms with Crippen LogP contribution in [-0.2, 0) is 4.74 Å². The van der Waals surface area contributed by atoms with Crippen LogP contribution in [0.25, 0.3) is 0 Å². The Morgan fingerprint density at radius 2 is 2.25 bits per heavy atom. The normalized spacial score (nSPS) is 11.8. The number of nitro benzene ring substituents is 1. The molecule has 8 heteroatoms. The maximum Gasteiger partial charge on any atom is 0.319 e. The van der Waals surface area contributed by atoms with Gasteiger partial charge in [0.25, 0.3) is 5.69 Å². The van der Waals surface area contributed by atoms with Gasteiger partial charge in [-0.2, -0.15) is 0 Å². The van der Waals surface area contributed by atoms with E-state index in [4.69, 9.17) is 16.3 Å². The summed E-state index contributed by atoms with van der Waals surface area (Å²) in [6.45, 7) is 2.38. The average Bonchev–Trinajstić information content (AvgIpc) is 2.38. The van der Waals surface area contributed by atoms with Crippen molar-refractivity contribution in [1.29, 1.82) is 0 Å². The summed E-state index contributed by atoms with van der Waals surface area (Å²) in [5.41, 5.74) is 0.183. The van der Waals surface area contributed by atoms with Crippen molar-refractivity contribution in [3.8, 4) is 0 Å². The number of nitrogens with zero attached hydrogens (tertiary/aromatic N) is 1. The predicted octanol–water partition coefficient (Wildman–Crippen LogP) is 2.79. The summed E-state index contributed by atoms with van der Waals surface area (Å²) in [5.74, 6) is 0. The third-order valence-corrected chi connectivity index (χ3v) is 2.86. The summed E-state index contributed by atoms with van der Waals surface area (Å²) in [7, 11) is 1.59. The first kappa shape index (κ1) is 16.2. The highest BCUT2D eigenvalue weighted by Gasteiger charge is 2.12. The zero-order chi connectivity index (χ0) is 15.1. The minimum atomic E-state index is -0.553. The van der Waals surface area contributed by atoms with Crippen molar-refractivity contribution in [1.82, 2.24) is 5.32 Å². The molecular weight excluding hydrogens is 286 g/mol. The number of anilines is 1. The molecule has 1 aromatic carbocycles. The fourth-order valence-electron chi connectivity index (χ4n) is 1.47. The number of halogens is 1. The Labute approximate surface area is 121 Å². The molecule has 0 aliphatic rings. The molecule has 0 aromatic heterocycles. The number of amides is 2. The Morgan fingerprint density at radius 1 is 1.55 bits per heavy atom. The number of nitro groups is 1. The molecule has 0 heterocycles. The van der Waals surface area contributed by atoms with Crippen molar-refractivity contribution in [2.75, 3.05) is 19.0 Å². The lowest BCUT2D eigenvalue weighted by atomic mass is 10.2. The van der Waals surface area contributed by atoms with Crippen molar-refractivity contribution >= 4 is 29.0 Å². The minimum Gasteiger partial charge on any atom is -0.385 e. The van der Waals surface area contributed by atoms with Crippen LogP contribution in [-0.4, -0.2) is 30.7 Å². The number of nitrogens with one attached hydrogen (secondary N) is 2. The largest absolute Gasteiger partial charge is 0.385 e. The number of ether oxygens (including phenoxy) is 1. The van der Waals surface area contributed by atoms with Crippen LogP contribution in [0.4, 0.5) is 16.2 Å². The molecule has 0 saturated carbocycles. The molecule has 0 fully saturated rings. The van der Waals surface area contributed by atoms with Crippen LogP contribution in [0.3, 0.4) is 0 Å². The summed E-state index contributed by atoms with van der Waals surface area (Å²) in [5, 5.41) is 15.9. The van der Waals surface area contributed by atoms with E-state index in [9.17, 15) is 14.9 Å². The molecule has 0 bridgehead atoms. The second-order valence-corrected chi connectivity index (χ2v) is 4.61. The predicted molar refractivity (Wildman–Crippen MR) is 76.2 cm³/mol. The summed E-state index contributed by atoms with van der Waals surface area (Å²) in [6, 6.07) is 3.36. The van der Waals surface area contributed by atoms with Gasteiger partial charge in [0.15, 0.2) is 0 Å². The standard InChI is InChI=1S/C12H16ClN3O4/c1-8(5-6-20-2)14-12(17)15-11-4-3-9(16(18)19)7-10(11)13/h3-4,7-8H,5-6H2,1-2H3,(H2,14,15,17). The third-order valence-electron chi connectivity index (χ3n) is 2.54. The summed E-state index contributed by atoms with van der Waals surface area (Å²) in [6.07, 6.45) is 0.678. The zero-order valence-corrected chi connectivity index (χ0v) is 11.9. The number of rotatable bonds is 6. The van der Waals surface area contributed by atoms with E-state index < -0.39 is 11.0 Å². The van der Waals surface area contributed by atoms with Crippen molar-refractivity contribution in [2.45, 2.75) is 19.4 Å². The fourth-order valence-corrected chi connectivity index (χ4v) is 1.69. The SMILES string of the molecule is COCCC(C)NC(=O)Nc1ccc([N+](=O)[O-])cc1Cl. The first-order chi connectivity index (χ1) is 9.43. The van der Waals surface area contributed by atoms with Crippen LogP contribution >= 0.6 is 11.6 Å². The molecule has 0 aliphatic carbocycles. The molecule has 0 aliphatic heterocycles. The Bertz CT molecular complexity index is 496. The van der Waals surface area contributed by atoms with Gasteiger partial charge < -0.3 is 15.4 Å². The number of benzene rings is 1. The molecule has 2 N–H and O–H groups in total. The Balaban J connectivity index is 2.60. The zero-order valence-electron chi connectivity index (χ0n) is 11.2. The Kier molecular flexibility index (Phi) is 6.20. The van der Waals surface area contributed by atoms with Gasteiger partial charge in [-0.25, -0.2) is 4.79 Å². The third kappa shape index (κ3) is 5.02. The highest BCUT2D eigenvalue weighted by Crippen LogP contribution is 2.26. The van der Waals surface area contributed by atoms with Gasteiger partial charge in [0, 0.05) is 31.9 Å². The van der Waals surface area contributed by atoms with Crippen LogP contribution in [0.2, 0.25) is 5.02 Å². The molecule has 1 rings (SSSR count). The maximum absolute atomic E-state index is 11.7. The van der Waals surface area contributed by atoms with Crippen LogP contribution in [0.5, 0.6) is 0 Å². The van der Waals surface area contributed by atoms with Gasteiger partial charge >= 0.3 is 6.03 Å². The monoisotopic (exact) mass is 301 g/mol. The van der Waals surface area contributed by atoms with Crippen molar-refractivity contribution in [3.05, 3.63) is 33.3 Å². The average molecular weight is 302 g/mol. The Morgan fingerprint density at radius 3 is 2.80 bits per heavy atom. The highest BCUT2D eigenvalue weighted by atomic mass is 35.5. The summed E-state index contributed by atoms with van der Waals surface area (Å²) in [4.78, 5) is 21.7. The van der Waals surface area contributed by atoms with E-state index in [1.165, 1.54) is 18.2 Å². The number of carbonyl (C=O) groups is 1. The summed E-state index contributed by atoms with van der Waals surface area (Å²) < 4.78 is 4.91. The fraction of sp³-hybridized carbons (Fsp3) is 0.417. The molecule has 110 valence electrons. The smallest absolute Gasteiger partial charge is 0.319 e. The first-order valence-electron chi connectivity index (χ1n) is 5.94. The van der Waals surface area contributed by atoms with E-state index in [2.05, 4.69) is 10.6 Å². The number of urea groups is 1. The van der Waals surface area contributed by atoms with E-state index in [1.54, 1.807) is 7.11 Å². The van der Waals surface area contributed by atoms with E-state index in [1.807, 2.05) is 6.92 Å². The van der Waals surface area contributed by atoms with E-state index >= 15 is 0 Å². The van der Waals surface area contributed by atoms with E-state index in [-0.39, 0.29) is 16.8 Å². The topological polar surface area (TPSA) is 93.5 Å². The van der Waals surface area contributed by atoms with Gasteiger partial charge in [-0.3, -0.25) is 10.1 Å². The quantitative estimate of drug-likeness (QED) is 0.624. The molecule has 0 radical (unpaired) electrons. The van der Waals surface area contributed by atoms with Crippen molar-refractivity contribution < 1.29 is 14.5 Å². The minimum absolute atomic E-state index is 0.0632. The molecule has 2 amide bonds. The number of hydrogen-bond acceptors (Lipinski definition) is 4. The second-order valence-electron chi connectivity index (χ2n) is 4.20. The lowest BCUT2D eigenvalue weighted by Gasteiger charge is -2.14. The lowest BCUT2D eigenvalue weighted by molar-refractivity contribution is -0.384. The van der Waals surface area contributed by atoms with Crippen LogP contribution < -0.4 is 10.6 Å². The number of non-ortho nitro benzene ring substituents is 1. The molecule has 1 atom stereocenters. The highest BCUT2D eigenvalue weighted by molar-refractivity contribution is 6.33. The maximum atomic E-state index is 11.7. The molecule has 1 aromatic rings. The molecule has 20 heavy (non-hydrogen) atoms. The van der Waals surface area contributed by atoms with E-state index in [0.717, 1.165) is 0 Å². The lowest BCUT2D eigenvalue weighted by Crippen LogP contribution is -2.36. The van der Waals surface area contributed by atoms with Crippen molar-refractivity contribution in [3.63, 3.8) is 0 Å². The molecule has 7 nitrogen and oxygen atoms in total. The van der Waals surface area contributed by atoms with E-state index in [0.29, 0.717) is 18.7 Å². The molecule has 0 spiro atoms. The van der Waals surface area contributed by atoms with Gasteiger partial charge in [0.05, 0.1) is 15.6 Å². The van der Waals surface area contributed by atoms with Crippen LogP contribution in [0.15, 0.2) is 18.2 Å².